The molecule has 0 rings (SSSR count). The molecule has 1 atom stereocenters. The second-order valence-corrected chi connectivity index (χ2v) is 3.71. The van der Waals surface area contributed by atoms with Crippen molar-refractivity contribution in [2.24, 2.45) is 11.3 Å². The molecule has 0 saturated carbocycles. The first-order chi connectivity index (χ1) is 4.41. The number of aliphatic hydroxyl groups excluding tert-OH is 1. The van der Waals surface area contributed by atoms with Gasteiger partial charge in [0.1, 0.15) is 0 Å². The summed E-state index contributed by atoms with van der Waals surface area (Å²) in [5.74, 6) is 0.299. The van der Waals surface area contributed by atoms with Crippen LogP contribution >= 0.6 is 0 Å². The van der Waals surface area contributed by atoms with Crippen LogP contribution in [0.2, 0.25) is 0 Å². The van der Waals surface area contributed by atoms with Crippen molar-refractivity contribution in [1.29, 1.82) is 0 Å². The topological polar surface area (TPSA) is 20.2 Å². The van der Waals surface area contributed by atoms with E-state index >= 15 is 0 Å². The standard InChI is InChI=1S/C9H18O/c1-6-9(4,5)8(10)7(2)3/h6-8,10H,1H2,2-5H3/t8-/m0/s1. The zero-order chi connectivity index (χ0) is 8.36. The Labute approximate surface area is 63.8 Å². The molecule has 0 spiro atoms. The Hall–Kier alpha value is -0.300. The van der Waals surface area contributed by atoms with Gasteiger partial charge in [-0.25, -0.2) is 0 Å². The van der Waals surface area contributed by atoms with Crippen molar-refractivity contribution < 1.29 is 5.11 Å². The molecular weight excluding hydrogens is 124 g/mol. The predicted octanol–water partition coefficient (Wildman–Crippen LogP) is 2.22. The monoisotopic (exact) mass is 142 g/mol. The molecule has 10 heavy (non-hydrogen) atoms. The van der Waals surface area contributed by atoms with Crippen LogP contribution in [0.4, 0.5) is 0 Å². The van der Waals surface area contributed by atoms with Crippen LogP contribution in [-0.4, -0.2) is 11.2 Å². The number of hydrogen-bond donors (Lipinski definition) is 1. The Morgan fingerprint density at radius 1 is 1.40 bits per heavy atom. The van der Waals surface area contributed by atoms with E-state index in [9.17, 15) is 5.11 Å². The molecule has 0 aliphatic carbocycles. The Bertz CT molecular complexity index is 114. The molecule has 1 heteroatoms. The molecule has 1 N–H and O–H groups in total. The van der Waals surface area contributed by atoms with E-state index in [1.807, 2.05) is 27.7 Å². The maximum atomic E-state index is 9.58. The highest BCUT2D eigenvalue weighted by Crippen LogP contribution is 2.26. The van der Waals surface area contributed by atoms with Gasteiger partial charge < -0.3 is 5.11 Å². The Morgan fingerprint density at radius 3 is 1.90 bits per heavy atom. The van der Waals surface area contributed by atoms with Crippen molar-refractivity contribution in [1.82, 2.24) is 0 Å². The molecule has 60 valence electrons. The second kappa shape index (κ2) is 3.20. The van der Waals surface area contributed by atoms with Gasteiger partial charge in [-0.1, -0.05) is 33.8 Å². The van der Waals surface area contributed by atoms with Crippen LogP contribution in [0, 0.1) is 11.3 Å². The van der Waals surface area contributed by atoms with Gasteiger partial charge in [0.05, 0.1) is 6.10 Å². The lowest BCUT2D eigenvalue weighted by atomic mass is 9.81. The molecule has 0 aliphatic rings. The van der Waals surface area contributed by atoms with Crippen LogP contribution < -0.4 is 0 Å². The molecule has 0 fully saturated rings. The zero-order valence-electron chi connectivity index (χ0n) is 7.39. The third-order valence-corrected chi connectivity index (χ3v) is 1.92. The van der Waals surface area contributed by atoms with E-state index in [4.69, 9.17) is 0 Å². The van der Waals surface area contributed by atoms with Crippen molar-refractivity contribution in [2.75, 3.05) is 0 Å². The molecule has 0 radical (unpaired) electrons. The molecule has 0 aromatic carbocycles. The molecule has 0 saturated heterocycles. The third kappa shape index (κ3) is 2.14. The second-order valence-electron chi connectivity index (χ2n) is 3.71. The maximum absolute atomic E-state index is 9.58. The molecule has 0 unspecified atom stereocenters. The lowest BCUT2D eigenvalue weighted by Gasteiger charge is -2.29. The summed E-state index contributed by atoms with van der Waals surface area (Å²) in [5.41, 5.74) is -0.159. The van der Waals surface area contributed by atoms with Crippen LogP contribution in [0.5, 0.6) is 0 Å². The normalized spacial score (nSPS) is 15.4. The highest BCUT2D eigenvalue weighted by Gasteiger charge is 2.26. The van der Waals surface area contributed by atoms with Crippen molar-refractivity contribution >= 4 is 0 Å². The highest BCUT2D eigenvalue weighted by atomic mass is 16.3. The average Bonchev–Trinajstić information content (AvgIpc) is 1.86. The predicted molar refractivity (Wildman–Crippen MR) is 44.8 cm³/mol. The first-order valence-corrected chi connectivity index (χ1v) is 3.73. The summed E-state index contributed by atoms with van der Waals surface area (Å²) < 4.78 is 0. The van der Waals surface area contributed by atoms with E-state index in [1.165, 1.54) is 0 Å². The lowest BCUT2D eigenvalue weighted by molar-refractivity contribution is 0.0413. The van der Waals surface area contributed by atoms with Gasteiger partial charge in [0.25, 0.3) is 0 Å². The quantitative estimate of drug-likeness (QED) is 0.599. The molecule has 0 aromatic rings. The highest BCUT2D eigenvalue weighted by molar-refractivity contribution is 4.94. The minimum atomic E-state index is -0.287. The molecule has 0 bridgehead atoms. The van der Waals surface area contributed by atoms with E-state index in [0.717, 1.165) is 0 Å². The largest absolute Gasteiger partial charge is 0.392 e. The maximum Gasteiger partial charge on any atom is 0.0648 e. The number of rotatable bonds is 3. The van der Waals surface area contributed by atoms with E-state index in [2.05, 4.69) is 6.58 Å². The van der Waals surface area contributed by atoms with E-state index < -0.39 is 0 Å². The molecule has 0 heterocycles. The number of aliphatic hydroxyl groups is 1. The van der Waals surface area contributed by atoms with Gasteiger partial charge in [-0.15, -0.1) is 6.58 Å². The van der Waals surface area contributed by atoms with Gasteiger partial charge in [0.2, 0.25) is 0 Å². The van der Waals surface area contributed by atoms with Crippen molar-refractivity contribution in [2.45, 2.75) is 33.8 Å². The molecule has 0 aliphatic heterocycles. The summed E-state index contributed by atoms with van der Waals surface area (Å²) in [6.45, 7) is 11.7. The fourth-order valence-electron chi connectivity index (χ4n) is 0.980. The zero-order valence-corrected chi connectivity index (χ0v) is 7.39. The third-order valence-electron chi connectivity index (χ3n) is 1.92. The summed E-state index contributed by atoms with van der Waals surface area (Å²) in [6.07, 6.45) is 1.52. The van der Waals surface area contributed by atoms with Crippen LogP contribution in [0.25, 0.3) is 0 Å². The van der Waals surface area contributed by atoms with Gasteiger partial charge in [-0.3, -0.25) is 0 Å². The Morgan fingerprint density at radius 2 is 1.80 bits per heavy atom. The molecule has 0 aromatic heterocycles. The molecule has 0 amide bonds. The van der Waals surface area contributed by atoms with Crippen LogP contribution in [0.1, 0.15) is 27.7 Å². The molecular formula is C9H18O. The Balaban J connectivity index is 4.17. The smallest absolute Gasteiger partial charge is 0.0648 e. The van der Waals surface area contributed by atoms with Crippen molar-refractivity contribution in [3.05, 3.63) is 12.7 Å². The SMILES string of the molecule is C=CC(C)(C)[C@@H](O)C(C)C. The average molecular weight is 142 g/mol. The fourth-order valence-corrected chi connectivity index (χ4v) is 0.980. The summed E-state index contributed by atoms with van der Waals surface area (Å²) in [5, 5.41) is 9.58. The number of hydrogen-bond acceptors (Lipinski definition) is 1. The van der Waals surface area contributed by atoms with Gasteiger partial charge in [-0.2, -0.15) is 0 Å². The lowest BCUT2D eigenvalue weighted by Crippen LogP contribution is -2.31. The minimum Gasteiger partial charge on any atom is -0.392 e. The first kappa shape index (κ1) is 9.70. The van der Waals surface area contributed by atoms with Gasteiger partial charge in [-0.05, 0) is 5.92 Å². The van der Waals surface area contributed by atoms with Crippen LogP contribution in [0.15, 0.2) is 12.7 Å². The van der Waals surface area contributed by atoms with Crippen molar-refractivity contribution in [3.8, 4) is 0 Å². The van der Waals surface area contributed by atoms with E-state index in [1.54, 1.807) is 6.08 Å². The summed E-state index contributed by atoms with van der Waals surface area (Å²) >= 11 is 0. The van der Waals surface area contributed by atoms with Gasteiger partial charge in [0, 0.05) is 5.41 Å². The van der Waals surface area contributed by atoms with Crippen molar-refractivity contribution in [3.63, 3.8) is 0 Å². The first-order valence-electron chi connectivity index (χ1n) is 3.73. The van der Waals surface area contributed by atoms with E-state index in [-0.39, 0.29) is 11.5 Å². The summed E-state index contributed by atoms with van der Waals surface area (Å²) in [7, 11) is 0. The minimum absolute atomic E-state index is 0.159. The summed E-state index contributed by atoms with van der Waals surface area (Å²) in [4.78, 5) is 0. The Kier molecular flexibility index (Phi) is 3.10. The summed E-state index contributed by atoms with van der Waals surface area (Å²) in [6, 6.07) is 0. The fraction of sp³-hybridized carbons (Fsp3) is 0.778. The van der Waals surface area contributed by atoms with Gasteiger partial charge >= 0.3 is 0 Å². The van der Waals surface area contributed by atoms with Gasteiger partial charge in [0.15, 0.2) is 0 Å². The van der Waals surface area contributed by atoms with E-state index in [0.29, 0.717) is 5.92 Å². The molecule has 1 nitrogen and oxygen atoms in total. The van der Waals surface area contributed by atoms with Crippen LogP contribution in [0.3, 0.4) is 0 Å². The van der Waals surface area contributed by atoms with Crippen LogP contribution in [-0.2, 0) is 0 Å².